The molecule has 2 aromatic carbocycles. The van der Waals surface area contributed by atoms with Crippen molar-refractivity contribution in [1.29, 1.82) is 0 Å². The summed E-state index contributed by atoms with van der Waals surface area (Å²) in [7, 11) is 3.33. The fourth-order valence-corrected chi connectivity index (χ4v) is 3.61. The van der Waals surface area contributed by atoms with Crippen LogP contribution in [0, 0.1) is 0 Å². The van der Waals surface area contributed by atoms with Crippen LogP contribution in [-0.2, 0) is 13.0 Å². The topological polar surface area (TPSA) is 49.4 Å². The van der Waals surface area contributed by atoms with Gasteiger partial charge in [-0.05, 0) is 48.4 Å². The predicted molar refractivity (Wildman–Crippen MR) is 107 cm³/mol. The molecule has 0 saturated heterocycles. The zero-order chi connectivity index (χ0) is 18.6. The second kappa shape index (κ2) is 7.72. The van der Waals surface area contributed by atoms with Crippen LogP contribution in [0.5, 0.6) is 11.5 Å². The van der Waals surface area contributed by atoms with Crippen molar-refractivity contribution in [2.75, 3.05) is 14.2 Å². The molecule has 4 rings (SSSR count). The smallest absolute Gasteiger partial charge is 0.169 e. The first-order valence-corrected chi connectivity index (χ1v) is 9.40. The van der Waals surface area contributed by atoms with E-state index < -0.39 is 0 Å². The molecule has 0 saturated carbocycles. The largest absolute Gasteiger partial charge is 0.497 e. The Morgan fingerprint density at radius 2 is 1.78 bits per heavy atom. The highest BCUT2D eigenvalue weighted by molar-refractivity contribution is 7.06. The molecule has 0 atom stereocenters. The lowest BCUT2D eigenvalue weighted by Gasteiger charge is -2.12. The molecule has 2 heterocycles. The van der Waals surface area contributed by atoms with Gasteiger partial charge in [-0.25, -0.2) is 4.98 Å². The minimum Gasteiger partial charge on any atom is -0.497 e. The molecular weight excluding hydrogens is 360 g/mol. The van der Waals surface area contributed by atoms with Gasteiger partial charge in [0.15, 0.2) is 11.4 Å². The zero-order valence-corrected chi connectivity index (χ0v) is 16.0. The average molecular weight is 380 g/mol. The Morgan fingerprint density at radius 3 is 2.56 bits per heavy atom. The average Bonchev–Trinajstić information content (AvgIpc) is 2.91. The Balaban J connectivity index is 1.70. The Morgan fingerprint density at radius 1 is 1.00 bits per heavy atom. The maximum Gasteiger partial charge on any atom is 0.169 e. The third kappa shape index (κ3) is 3.75. The lowest BCUT2D eigenvalue weighted by Crippen LogP contribution is -2.06. The highest BCUT2D eigenvalue weighted by Gasteiger charge is 2.10. The molecule has 0 radical (unpaired) electrons. The number of benzene rings is 2. The first-order valence-electron chi connectivity index (χ1n) is 8.66. The molecule has 5 nitrogen and oxygen atoms in total. The summed E-state index contributed by atoms with van der Waals surface area (Å²) < 4.78 is 18.6. The molecule has 27 heavy (non-hydrogen) atoms. The molecule has 0 N–H and O–H groups in total. The SMILES string of the molecule is COc1ccc(CCn2cccc3soc4ccc(OC)cc4nc2-3)cc1. The summed E-state index contributed by atoms with van der Waals surface area (Å²) in [5, 5.41) is 0. The van der Waals surface area contributed by atoms with Gasteiger partial charge in [-0.15, -0.1) is 0 Å². The standard InChI is InChI=1S/C21H20N2O3S/c1-24-16-7-5-15(6-8-16)11-13-23-12-3-4-20-21(23)22-18-14-17(25-2)9-10-19(18)26-27-20/h3-10,12,14H,11,13H2,1-2H3. The second-order valence-electron chi connectivity index (χ2n) is 6.10. The number of fused-ring (bicyclic) bond motifs is 2. The number of rotatable bonds is 5. The van der Waals surface area contributed by atoms with Crippen LogP contribution >= 0.6 is 11.6 Å². The molecular formula is C21H20N2O3S. The molecule has 2 aliphatic heterocycles. The Bertz CT molecular complexity index is 1060. The van der Waals surface area contributed by atoms with Crippen LogP contribution < -0.4 is 9.47 Å². The van der Waals surface area contributed by atoms with Crippen molar-refractivity contribution < 1.29 is 13.3 Å². The number of methoxy groups -OCH3 is 2. The van der Waals surface area contributed by atoms with Crippen LogP contribution in [0.3, 0.4) is 0 Å². The molecule has 0 unspecified atom stereocenters. The van der Waals surface area contributed by atoms with E-state index in [0.717, 1.165) is 46.3 Å². The van der Waals surface area contributed by atoms with Gasteiger partial charge in [0.05, 0.1) is 14.2 Å². The first-order chi connectivity index (χ1) is 13.3. The van der Waals surface area contributed by atoms with Crippen molar-refractivity contribution in [3.05, 3.63) is 66.4 Å². The van der Waals surface area contributed by atoms with Crippen molar-refractivity contribution in [3.8, 4) is 22.2 Å². The molecule has 0 bridgehead atoms. The van der Waals surface area contributed by atoms with Crippen LogP contribution in [0.2, 0.25) is 0 Å². The minimum absolute atomic E-state index is 0.735. The maximum atomic E-state index is 5.86. The molecule has 2 aliphatic rings. The Labute approximate surface area is 161 Å². The van der Waals surface area contributed by atoms with Crippen LogP contribution in [0.1, 0.15) is 5.56 Å². The number of pyridine rings is 1. The van der Waals surface area contributed by atoms with Gasteiger partial charge >= 0.3 is 0 Å². The van der Waals surface area contributed by atoms with Gasteiger partial charge in [-0.1, -0.05) is 12.1 Å². The van der Waals surface area contributed by atoms with Gasteiger partial charge in [0, 0.05) is 30.4 Å². The quantitative estimate of drug-likeness (QED) is 0.479. The van der Waals surface area contributed by atoms with E-state index in [9.17, 15) is 0 Å². The number of hydrogen-bond acceptors (Lipinski definition) is 5. The van der Waals surface area contributed by atoms with Crippen molar-refractivity contribution in [2.24, 2.45) is 0 Å². The highest BCUT2D eigenvalue weighted by Crippen LogP contribution is 2.28. The van der Waals surface area contributed by atoms with E-state index in [1.807, 2.05) is 42.5 Å². The number of hydrogen-bond donors (Lipinski definition) is 0. The maximum absolute atomic E-state index is 5.86. The van der Waals surface area contributed by atoms with Gasteiger partial charge in [-0.2, -0.15) is 0 Å². The van der Waals surface area contributed by atoms with Crippen molar-refractivity contribution in [2.45, 2.75) is 13.0 Å². The Kier molecular flexibility index (Phi) is 4.98. The number of ether oxygens (including phenoxy) is 2. The molecule has 0 fully saturated rings. The molecule has 138 valence electrons. The highest BCUT2D eigenvalue weighted by atomic mass is 32.1. The van der Waals surface area contributed by atoms with Gasteiger partial charge in [0.2, 0.25) is 0 Å². The second-order valence-corrected chi connectivity index (χ2v) is 6.87. The summed E-state index contributed by atoms with van der Waals surface area (Å²) in [4.78, 5) is 5.86. The van der Waals surface area contributed by atoms with E-state index in [-0.39, 0.29) is 0 Å². The number of nitrogens with zero attached hydrogens (tertiary/aromatic N) is 2. The van der Waals surface area contributed by atoms with E-state index in [1.54, 1.807) is 14.2 Å². The molecule has 0 amide bonds. The number of aromatic nitrogens is 2. The van der Waals surface area contributed by atoms with Crippen LogP contribution in [-0.4, -0.2) is 23.8 Å². The van der Waals surface area contributed by atoms with Gasteiger partial charge in [0.25, 0.3) is 0 Å². The lowest BCUT2D eigenvalue weighted by molar-refractivity contribution is 0.414. The van der Waals surface area contributed by atoms with Gasteiger partial charge < -0.3 is 17.9 Å². The van der Waals surface area contributed by atoms with Crippen molar-refractivity contribution >= 4 is 22.7 Å². The first kappa shape index (κ1) is 17.4. The van der Waals surface area contributed by atoms with Crippen molar-refractivity contribution in [3.63, 3.8) is 0 Å². The predicted octanol–water partition coefficient (Wildman–Crippen LogP) is 5.18. The minimum atomic E-state index is 0.735. The summed E-state index contributed by atoms with van der Waals surface area (Å²) in [6.07, 6.45) is 2.95. The monoisotopic (exact) mass is 380 g/mol. The fraction of sp³-hybridized carbons (Fsp3) is 0.190. The van der Waals surface area contributed by atoms with Crippen LogP contribution in [0.15, 0.2) is 64.6 Å². The van der Waals surface area contributed by atoms with Crippen molar-refractivity contribution in [1.82, 2.24) is 9.55 Å². The van der Waals surface area contributed by atoms with E-state index in [1.165, 1.54) is 17.2 Å². The van der Waals surface area contributed by atoms with E-state index >= 15 is 0 Å². The molecule has 0 aromatic heterocycles. The van der Waals surface area contributed by atoms with Crippen LogP contribution in [0.4, 0.5) is 0 Å². The molecule has 0 aliphatic carbocycles. The zero-order valence-electron chi connectivity index (χ0n) is 15.2. The molecule has 6 heteroatoms. The third-order valence-corrected chi connectivity index (χ3v) is 5.18. The fourth-order valence-electron chi connectivity index (χ4n) is 2.91. The summed E-state index contributed by atoms with van der Waals surface area (Å²) in [5.74, 6) is 2.52. The van der Waals surface area contributed by atoms with E-state index in [0.29, 0.717) is 0 Å². The van der Waals surface area contributed by atoms with Crippen LogP contribution in [0.25, 0.3) is 21.8 Å². The van der Waals surface area contributed by atoms with E-state index in [2.05, 4.69) is 22.9 Å². The summed E-state index contributed by atoms with van der Waals surface area (Å²) in [6, 6.07) is 17.9. The summed E-state index contributed by atoms with van der Waals surface area (Å²) >= 11 is 1.33. The third-order valence-electron chi connectivity index (χ3n) is 4.42. The Hall–Kier alpha value is -2.99. The van der Waals surface area contributed by atoms with Gasteiger partial charge in [-0.3, -0.25) is 0 Å². The summed E-state index contributed by atoms with van der Waals surface area (Å²) in [6.45, 7) is 0.818. The lowest BCUT2D eigenvalue weighted by atomic mass is 10.1. The van der Waals surface area contributed by atoms with E-state index in [4.69, 9.17) is 18.3 Å². The van der Waals surface area contributed by atoms with Gasteiger partial charge in [0.1, 0.15) is 21.9 Å². The normalized spacial score (nSPS) is 10.9. The summed E-state index contributed by atoms with van der Waals surface area (Å²) in [5.41, 5.74) is 2.75. The molecule has 2 aromatic rings. The number of aryl methyl sites for hydroxylation is 2. The molecule has 0 spiro atoms.